The molecule has 16 heavy (non-hydrogen) atoms. The largest absolute Gasteiger partial charge is 0.507 e. The Labute approximate surface area is 92.2 Å². The van der Waals surface area contributed by atoms with Gasteiger partial charge in [0, 0.05) is 18.6 Å². The van der Waals surface area contributed by atoms with Gasteiger partial charge in [-0.2, -0.15) is 0 Å². The highest BCUT2D eigenvalue weighted by Crippen LogP contribution is 2.52. The van der Waals surface area contributed by atoms with Crippen LogP contribution in [0.1, 0.15) is 12.0 Å². The average Bonchev–Trinajstić information content (AvgIpc) is 2.71. The van der Waals surface area contributed by atoms with Crippen LogP contribution in [-0.4, -0.2) is 30.2 Å². The molecule has 5 nitrogen and oxygen atoms in total. The van der Waals surface area contributed by atoms with Gasteiger partial charge in [-0.15, -0.1) is 0 Å². The number of aliphatic hydroxyl groups is 1. The van der Waals surface area contributed by atoms with E-state index in [1.807, 2.05) is 0 Å². The number of ether oxygens (including phenoxy) is 3. The van der Waals surface area contributed by atoms with Crippen molar-refractivity contribution in [3.63, 3.8) is 0 Å². The summed E-state index contributed by atoms with van der Waals surface area (Å²) in [6, 6.07) is 3.09. The first-order valence-corrected chi connectivity index (χ1v) is 5.07. The smallest absolute Gasteiger partial charge is 0.233 e. The van der Waals surface area contributed by atoms with Gasteiger partial charge in [0.1, 0.15) is 17.2 Å². The second-order valence-corrected chi connectivity index (χ2v) is 4.01. The summed E-state index contributed by atoms with van der Waals surface area (Å²) in [6.45, 7) is 0.423. The molecule has 1 aromatic carbocycles. The highest BCUT2D eigenvalue weighted by atomic mass is 16.7. The molecular weight excluding hydrogens is 212 g/mol. The summed E-state index contributed by atoms with van der Waals surface area (Å²) in [7, 11) is 1.50. The zero-order valence-electron chi connectivity index (χ0n) is 8.77. The second-order valence-electron chi connectivity index (χ2n) is 4.01. The van der Waals surface area contributed by atoms with Gasteiger partial charge in [-0.3, -0.25) is 0 Å². The van der Waals surface area contributed by atoms with Crippen molar-refractivity contribution >= 4 is 0 Å². The number of aromatic hydroxyl groups is 1. The molecule has 2 aliphatic heterocycles. The van der Waals surface area contributed by atoms with Crippen LogP contribution in [0.3, 0.4) is 0 Å². The van der Waals surface area contributed by atoms with Crippen molar-refractivity contribution < 1.29 is 24.4 Å². The number of benzene rings is 1. The van der Waals surface area contributed by atoms with Gasteiger partial charge in [0.05, 0.1) is 19.3 Å². The fourth-order valence-corrected chi connectivity index (χ4v) is 2.29. The molecule has 0 bridgehead atoms. The Morgan fingerprint density at radius 2 is 2.31 bits per heavy atom. The Hall–Kier alpha value is -1.46. The highest BCUT2D eigenvalue weighted by molar-refractivity contribution is 5.55. The third kappa shape index (κ3) is 1.07. The van der Waals surface area contributed by atoms with E-state index in [9.17, 15) is 10.2 Å². The number of fused-ring (bicyclic) bond motifs is 3. The minimum absolute atomic E-state index is 0.0233. The summed E-state index contributed by atoms with van der Waals surface area (Å²) < 4.78 is 15.7. The van der Waals surface area contributed by atoms with E-state index in [1.165, 1.54) is 13.2 Å². The van der Waals surface area contributed by atoms with E-state index in [2.05, 4.69) is 0 Å². The van der Waals surface area contributed by atoms with Gasteiger partial charge < -0.3 is 24.4 Å². The molecule has 5 heteroatoms. The Kier molecular flexibility index (Phi) is 1.84. The lowest BCUT2D eigenvalue weighted by Crippen LogP contribution is -2.33. The Balaban J connectivity index is 2.16. The Morgan fingerprint density at radius 3 is 3.06 bits per heavy atom. The molecule has 0 spiro atoms. The first-order chi connectivity index (χ1) is 7.65. The van der Waals surface area contributed by atoms with Crippen molar-refractivity contribution in [3.8, 4) is 17.2 Å². The number of rotatable bonds is 1. The van der Waals surface area contributed by atoms with Gasteiger partial charge in [-0.25, -0.2) is 0 Å². The number of hydrogen-bond acceptors (Lipinski definition) is 5. The molecule has 2 aliphatic rings. The minimum atomic E-state index is -1.23. The van der Waals surface area contributed by atoms with Gasteiger partial charge in [0.2, 0.25) is 6.29 Å². The SMILES string of the molecule is COc1cc(O)c2c(c1)O[C@H]1OCCC21O. The summed E-state index contributed by atoms with van der Waals surface area (Å²) in [4.78, 5) is 0. The zero-order valence-corrected chi connectivity index (χ0v) is 8.77. The standard InChI is InChI=1S/C11H12O5/c1-14-6-4-7(12)9-8(5-6)16-10-11(9,13)2-3-15-10/h4-5,10,12-13H,2-3H2,1H3/t10-,11?/m1/s1. The van der Waals surface area contributed by atoms with Crippen molar-refractivity contribution in [2.24, 2.45) is 0 Å². The van der Waals surface area contributed by atoms with E-state index in [4.69, 9.17) is 14.2 Å². The molecule has 0 radical (unpaired) electrons. The highest BCUT2D eigenvalue weighted by Gasteiger charge is 2.54. The monoisotopic (exact) mass is 224 g/mol. The first kappa shape index (κ1) is 9.74. The molecule has 0 saturated carbocycles. The van der Waals surface area contributed by atoms with E-state index < -0.39 is 11.9 Å². The van der Waals surface area contributed by atoms with Crippen LogP contribution in [0.4, 0.5) is 0 Å². The van der Waals surface area contributed by atoms with Gasteiger partial charge in [-0.1, -0.05) is 0 Å². The molecule has 2 atom stereocenters. The average molecular weight is 224 g/mol. The summed E-state index contributed by atoms with van der Waals surface area (Å²) in [5, 5.41) is 20.3. The topological polar surface area (TPSA) is 68.2 Å². The molecule has 3 rings (SSSR count). The van der Waals surface area contributed by atoms with Gasteiger partial charge in [0.15, 0.2) is 5.60 Å². The van der Waals surface area contributed by atoms with Gasteiger partial charge in [0.25, 0.3) is 0 Å². The van der Waals surface area contributed by atoms with Crippen LogP contribution in [0.2, 0.25) is 0 Å². The number of phenols is 1. The van der Waals surface area contributed by atoms with E-state index in [0.29, 0.717) is 30.1 Å². The zero-order chi connectivity index (χ0) is 11.3. The molecule has 1 fully saturated rings. The van der Waals surface area contributed by atoms with Crippen LogP contribution >= 0.6 is 0 Å². The van der Waals surface area contributed by atoms with Crippen LogP contribution in [0.5, 0.6) is 17.2 Å². The predicted molar refractivity (Wildman–Crippen MR) is 53.5 cm³/mol. The third-order valence-electron chi connectivity index (χ3n) is 3.10. The first-order valence-electron chi connectivity index (χ1n) is 5.07. The van der Waals surface area contributed by atoms with E-state index in [-0.39, 0.29) is 5.75 Å². The molecular formula is C11H12O5. The summed E-state index contributed by atoms with van der Waals surface area (Å²) in [6.07, 6.45) is -0.301. The molecule has 2 N–H and O–H groups in total. The number of hydrogen-bond donors (Lipinski definition) is 2. The summed E-state index contributed by atoms with van der Waals surface area (Å²) >= 11 is 0. The summed E-state index contributed by atoms with van der Waals surface area (Å²) in [5.74, 6) is 0.883. The predicted octanol–water partition coefficient (Wildman–Crippen LogP) is 0.727. The molecule has 0 aromatic heterocycles. The summed E-state index contributed by atoms with van der Waals surface area (Å²) in [5.41, 5.74) is -0.832. The number of phenolic OH excluding ortho intramolecular Hbond substituents is 1. The molecule has 0 amide bonds. The molecule has 1 saturated heterocycles. The maximum absolute atomic E-state index is 10.4. The Morgan fingerprint density at radius 1 is 1.50 bits per heavy atom. The van der Waals surface area contributed by atoms with E-state index >= 15 is 0 Å². The van der Waals surface area contributed by atoms with Crippen LogP contribution in [0.25, 0.3) is 0 Å². The quantitative estimate of drug-likeness (QED) is 0.736. The third-order valence-corrected chi connectivity index (χ3v) is 3.10. The van der Waals surface area contributed by atoms with Crippen LogP contribution in [0.15, 0.2) is 12.1 Å². The molecule has 1 unspecified atom stereocenters. The Bertz CT molecular complexity index is 444. The molecule has 86 valence electrons. The fourth-order valence-electron chi connectivity index (χ4n) is 2.29. The lowest BCUT2D eigenvalue weighted by molar-refractivity contribution is -0.123. The normalized spacial score (nSPS) is 30.8. The molecule has 2 heterocycles. The van der Waals surface area contributed by atoms with Gasteiger partial charge in [-0.05, 0) is 0 Å². The van der Waals surface area contributed by atoms with Crippen molar-refractivity contribution in [2.45, 2.75) is 18.3 Å². The van der Waals surface area contributed by atoms with Crippen LogP contribution in [-0.2, 0) is 10.3 Å². The maximum atomic E-state index is 10.4. The van der Waals surface area contributed by atoms with Crippen LogP contribution < -0.4 is 9.47 Å². The van der Waals surface area contributed by atoms with Crippen molar-refractivity contribution in [1.82, 2.24) is 0 Å². The van der Waals surface area contributed by atoms with Crippen molar-refractivity contribution in [1.29, 1.82) is 0 Å². The fraction of sp³-hybridized carbons (Fsp3) is 0.455. The van der Waals surface area contributed by atoms with Crippen molar-refractivity contribution in [2.75, 3.05) is 13.7 Å². The lowest BCUT2D eigenvalue weighted by Gasteiger charge is -2.19. The minimum Gasteiger partial charge on any atom is -0.507 e. The second kappa shape index (κ2) is 3.02. The lowest BCUT2D eigenvalue weighted by atomic mass is 9.92. The molecule has 1 aromatic rings. The van der Waals surface area contributed by atoms with E-state index in [0.717, 1.165) is 0 Å². The van der Waals surface area contributed by atoms with E-state index in [1.54, 1.807) is 6.07 Å². The van der Waals surface area contributed by atoms with Crippen molar-refractivity contribution in [3.05, 3.63) is 17.7 Å². The van der Waals surface area contributed by atoms with Gasteiger partial charge >= 0.3 is 0 Å². The van der Waals surface area contributed by atoms with Crippen LogP contribution in [0, 0.1) is 0 Å². The molecule has 0 aliphatic carbocycles. The maximum Gasteiger partial charge on any atom is 0.233 e. The number of methoxy groups -OCH3 is 1.